The number of aliphatic hydroxyl groups excluding tert-OH is 6. The number of hydrogen-bond donors (Lipinski definition) is 8. The molecule has 0 bridgehead atoms. The molecule has 4 aliphatic carbocycles. The van der Waals surface area contributed by atoms with Crippen molar-refractivity contribution in [2.75, 3.05) is 20.3 Å². The quantitative estimate of drug-likeness (QED) is 0.167. The number of ether oxygens (including phenoxy) is 3. The van der Waals surface area contributed by atoms with Gasteiger partial charge in [-0.05, 0) is 78.6 Å². The van der Waals surface area contributed by atoms with Gasteiger partial charge in [0.2, 0.25) is 0 Å². The monoisotopic (exact) mass is 642 g/mol. The molecule has 4 fully saturated rings. The van der Waals surface area contributed by atoms with Crippen LogP contribution in [0.4, 0.5) is 0 Å². The third-order valence-electron chi connectivity index (χ3n) is 13.3. The summed E-state index contributed by atoms with van der Waals surface area (Å²) >= 11 is 0. The van der Waals surface area contributed by atoms with E-state index in [1.807, 2.05) is 26.8 Å². The van der Waals surface area contributed by atoms with Gasteiger partial charge in [-0.25, -0.2) is 0 Å². The van der Waals surface area contributed by atoms with Crippen molar-refractivity contribution in [3.05, 3.63) is 11.6 Å². The van der Waals surface area contributed by atoms with Gasteiger partial charge in [0.1, 0.15) is 18.3 Å². The van der Waals surface area contributed by atoms with Gasteiger partial charge in [0.25, 0.3) is 0 Å². The van der Waals surface area contributed by atoms with Crippen LogP contribution in [0.5, 0.6) is 0 Å². The Morgan fingerprint density at radius 1 is 1.02 bits per heavy atom. The van der Waals surface area contributed by atoms with Crippen LogP contribution in [0.2, 0.25) is 0 Å². The topological polar surface area (TPSA) is 190 Å². The third kappa shape index (κ3) is 5.65. The fourth-order valence-corrected chi connectivity index (χ4v) is 10.6. The number of methoxy groups -OCH3 is 1. The van der Waals surface area contributed by atoms with Gasteiger partial charge in [0.05, 0.1) is 48.8 Å². The lowest BCUT2D eigenvalue weighted by Gasteiger charge is -2.64. The second kappa shape index (κ2) is 12.6. The maximum absolute atomic E-state index is 12.7. The summed E-state index contributed by atoms with van der Waals surface area (Å²) < 4.78 is 17.2. The Morgan fingerprint density at radius 2 is 1.71 bits per heavy atom. The summed E-state index contributed by atoms with van der Waals surface area (Å²) in [5.41, 5.74) is -3.03. The number of fused-ring (bicyclic) bond motifs is 5. The fourth-order valence-electron chi connectivity index (χ4n) is 10.6. The van der Waals surface area contributed by atoms with Crippen molar-refractivity contribution >= 4 is 0 Å². The number of rotatable bonds is 9. The molecule has 0 aromatic heterocycles. The van der Waals surface area contributed by atoms with Gasteiger partial charge < -0.3 is 55.1 Å². The summed E-state index contributed by atoms with van der Waals surface area (Å²) in [6.45, 7) is 9.46. The molecule has 260 valence electrons. The van der Waals surface area contributed by atoms with Crippen molar-refractivity contribution in [3.63, 3.8) is 0 Å². The highest BCUT2D eigenvalue weighted by molar-refractivity contribution is 5.33. The smallest absolute Gasteiger partial charge is 0.187 e. The molecule has 5 aliphatic rings. The average Bonchev–Trinajstić information content (AvgIpc) is 3.19. The maximum atomic E-state index is 12.7. The van der Waals surface area contributed by atoms with E-state index in [1.54, 1.807) is 0 Å². The molecule has 0 spiro atoms. The summed E-state index contributed by atoms with van der Waals surface area (Å²) in [7, 11) is 1.42. The normalized spacial score (nSPS) is 50.3. The Morgan fingerprint density at radius 3 is 2.33 bits per heavy atom. The molecule has 45 heavy (non-hydrogen) atoms. The largest absolute Gasteiger partial charge is 0.393 e. The number of hydrogen-bond acceptors (Lipinski definition) is 11. The molecule has 16 atom stereocenters. The first-order valence-corrected chi connectivity index (χ1v) is 17.0. The molecule has 0 amide bonds. The fraction of sp³-hybridized carbons (Fsp3) is 0.941. The zero-order chi connectivity index (χ0) is 33.3. The molecule has 16 unspecified atom stereocenters. The highest BCUT2D eigenvalue weighted by atomic mass is 16.7. The van der Waals surface area contributed by atoms with E-state index < -0.39 is 77.0 Å². The van der Waals surface area contributed by atoms with Crippen molar-refractivity contribution in [1.82, 2.24) is 0 Å². The van der Waals surface area contributed by atoms with Crippen LogP contribution in [0.1, 0.15) is 79.6 Å². The van der Waals surface area contributed by atoms with Crippen LogP contribution in [-0.2, 0) is 14.2 Å². The van der Waals surface area contributed by atoms with Crippen molar-refractivity contribution in [3.8, 4) is 0 Å². The molecule has 0 aromatic rings. The predicted octanol–water partition coefficient (Wildman–Crippen LogP) is 0.867. The molecule has 1 aliphatic heterocycles. The maximum Gasteiger partial charge on any atom is 0.187 e. The molecule has 1 saturated heterocycles. The Kier molecular flexibility index (Phi) is 10.00. The van der Waals surface area contributed by atoms with Crippen molar-refractivity contribution < 1.29 is 55.1 Å². The number of aliphatic hydroxyl groups is 8. The highest BCUT2D eigenvalue weighted by Crippen LogP contribution is 2.69. The van der Waals surface area contributed by atoms with E-state index >= 15 is 0 Å². The van der Waals surface area contributed by atoms with Gasteiger partial charge in [0, 0.05) is 19.4 Å². The first-order valence-electron chi connectivity index (χ1n) is 17.0. The van der Waals surface area contributed by atoms with E-state index in [2.05, 4.69) is 13.8 Å². The Bertz CT molecular complexity index is 1090. The standard InChI is InChI=1S/C34H58O11/c1-17(2)33(41,16-35)12-7-18(3)24-26(39)27(40)29-32(24,5)11-9-23-31(4)10-8-19(13-20(31)21(36)14-34(23,29)42)45-30-28(43-6)25(38)22(37)15-44-30/h13,17-19,21-30,35-42H,7-12,14-16H2,1-6H3. The summed E-state index contributed by atoms with van der Waals surface area (Å²) in [6.07, 6.45) is -2.27. The summed E-state index contributed by atoms with van der Waals surface area (Å²) in [5.74, 6) is -1.48. The van der Waals surface area contributed by atoms with E-state index in [1.165, 1.54) is 7.11 Å². The average molecular weight is 643 g/mol. The molecular weight excluding hydrogens is 584 g/mol. The second-order valence-electron chi connectivity index (χ2n) is 15.9. The molecule has 11 heteroatoms. The zero-order valence-corrected chi connectivity index (χ0v) is 27.7. The summed E-state index contributed by atoms with van der Waals surface area (Å²) in [4.78, 5) is 0. The van der Waals surface area contributed by atoms with Gasteiger partial charge in [-0.2, -0.15) is 0 Å². The lowest BCUT2D eigenvalue weighted by Crippen LogP contribution is -2.66. The van der Waals surface area contributed by atoms with E-state index in [4.69, 9.17) is 14.2 Å². The Balaban J connectivity index is 1.37. The summed E-state index contributed by atoms with van der Waals surface area (Å²) in [6, 6.07) is 0. The van der Waals surface area contributed by atoms with Crippen LogP contribution in [0.3, 0.4) is 0 Å². The van der Waals surface area contributed by atoms with Crippen LogP contribution in [0, 0.1) is 40.4 Å². The van der Waals surface area contributed by atoms with Crippen LogP contribution >= 0.6 is 0 Å². The Hall–Kier alpha value is -0.700. The molecule has 11 nitrogen and oxygen atoms in total. The van der Waals surface area contributed by atoms with Crippen LogP contribution in [0.25, 0.3) is 0 Å². The van der Waals surface area contributed by atoms with Gasteiger partial charge >= 0.3 is 0 Å². The van der Waals surface area contributed by atoms with Crippen LogP contribution in [-0.4, -0.2) is 121 Å². The third-order valence-corrected chi connectivity index (χ3v) is 13.3. The predicted molar refractivity (Wildman–Crippen MR) is 164 cm³/mol. The molecule has 8 N–H and O–H groups in total. The lowest BCUT2D eigenvalue weighted by atomic mass is 9.43. The molecule has 0 aromatic carbocycles. The van der Waals surface area contributed by atoms with Gasteiger partial charge in [-0.3, -0.25) is 0 Å². The Labute approximate surface area is 267 Å². The minimum absolute atomic E-state index is 0.0279. The van der Waals surface area contributed by atoms with Crippen LogP contribution in [0.15, 0.2) is 11.6 Å². The lowest BCUT2D eigenvalue weighted by molar-refractivity contribution is -0.285. The van der Waals surface area contributed by atoms with Gasteiger partial charge in [-0.15, -0.1) is 0 Å². The van der Waals surface area contributed by atoms with E-state index in [0.717, 1.165) is 5.57 Å². The SMILES string of the molecule is COC1C(OC2C=C3C(O)CC4(O)C(CCC5(C)C(C(C)CCC(O)(CO)C(C)C)C(O)C(O)C54)C3(C)CC2)OCC(O)C1O. The minimum atomic E-state index is -1.42. The molecule has 1 heterocycles. The molecule has 5 rings (SSSR count). The van der Waals surface area contributed by atoms with E-state index in [-0.39, 0.29) is 43.3 Å². The van der Waals surface area contributed by atoms with Crippen molar-refractivity contribution in [1.29, 1.82) is 0 Å². The van der Waals surface area contributed by atoms with Crippen molar-refractivity contribution in [2.45, 2.75) is 140 Å². The minimum Gasteiger partial charge on any atom is -0.393 e. The van der Waals surface area contributed by atoms with Crippen LogP contribution < -0.4 is 0 Å². The van der Waals surface area contributed by atoms with Crippen molar-refractivity contribution in [2.24, 2.45) is 40.4 Å². The highest BCUT2D eigenvalue weighted by Gasteiger charge is 2.72. The van der Waals surface area contributed by atoms with Gasteiger partial charge in [0.15, 0.2) is 6.29 Å². The zero-order valence-electron chi connectivity index (χ0n) is 27.7. The molecule has 3 saturated carbocycles. The molecule has 0 radical (unpaired) electrons. The second-order valence-corrected chi connectivity index (χ2v) is 15.9. The van der Waals surface area contributed by atoms with E-state index in [0.29, 0.717) is 38.5 Å². The van der Waals surface area contributed by atoms with Gasteiger partial charge in [-0.1, -0.05) is 40.7 Å². The first-order chi connectivity index (χ1) is 21.0. The first kappa shape index (κ1) is 35.6. The van der Waals surface area contributed by atoms with E-state index in [9.17, 15) is 40.9 Å². The molecular formula is C34H58O11. The summed E-state index contributed by atoms with van der Waals surface area (Å²) in [5, 5.41) is 88.7.